The smallest absolute Gasteiger partial charge is 0.410 e. The Labute approximate surface area is 238 Å². The summed E-state index contributed by atoms with van der Waals surface area (Å²) in [7, 11) is 0. The number of pyridine rings is 1. The minimum atomic E-state index is -3.03. The van der Waals surface area contributed by atoms with Crippen LogP contribution in [0.15, 0.2) is 48.9 Å². The highest BCUT2D eigenvalue weighted by Crippen LogP contribution is 2.47. The fourth-order valence-corrected chi connectivity index (χ4v) is 5.49. The number of hydrogen-bond acceptors (Lipinski definition) is 8. The topological polar surface area (TPSA) is 122 Å². The summed E-state index contributed by atoms with van der Waals surface area (Å²) in [6.07, 6.45) is 2.89. The van der Waals surface area contributed by atoms with Crippen LogP contribution in [0.5, 0.6) is 5.75 Å². The summed E-state index contributed by atoms with van der Waals surface area (Å²) in [6, 6.07) is 7.56. The van der Waals surface area contributed by atoms with Gasteiger partial charge < -0.3 is 29.0 Å². The first kappa shape index (κ1) is 27.9. The number of carbonyl (C=O) groups is 1. The molecule has 1 amide bonds. The van der Waals surface area contributed by atoms with Crippen molar-refractivity contribution in [2.45, 2.75) is 57.0 Å². The van der Waals surface area contributed by atoms with Crippen LogP contribution >= 0.6 is 0 Å². The van der Waals surface area contributed by atoms with Crippen LogP contribution in [-0.4, -0.2) is 65.9 Å². The molecule has 1 fully saturated rings. The fraction of sp³-hybridized carbons (Fsp3) is 0.379. The van der Waals surface area contributed by atoms with E-state index in [0.29, 0.717) is 22.5 Å². The number of carbonyl (C=O) groups excluding carboxylic acids is 1. The van der Waals surface area contributed by atoms with E-state index in [1.54, 1.807) is 43.4 Å². The summed E-state index contributed by atoms with van der Waals surface area (Å²) < 4.78 is 53.2. The molecule has 1 aliphatic heterocycles. The van der Waals surface area contributed by atoms with Crippen molar-refractivity contribution in [3.63, 3.8) is 0 Å². The van der Waals surface area contributed by atoms with Crippen LogP contribution < -0.4 is 4.74 Å². The number of hydrogen-bond donors (Lipinski definition) is 2. The number of benzene rings is 1. The monoisotopic (exact) mass is 583 g/mol. The summed E-state index contributed by atoms with van der Waals surface area (Å²) in [4.78, 5) is 26.5. The second kappa shape index (κ2) is 9.95. The Morgan fingerprint density at radius 3 is 2.52 bits per heavy atom. The number of imidazole rings is 1. The Kier molecular flexibility index (Phi) is 6.61. The Bertz CT molecular complexity index is 1660. The van der Waals surface area contributed by atoms with Crippen LogP contribution in [0.3, 0.4) is 0 Å². The van der Waals surface area contributed by atoms with Gasteiger partial charge in [0.1, 0.15) is 22.8 Å². The van der Waals surface area contributed by atoms with E-state index in [1.807, 2.05) is 0 Å². The molecule has 0 saturated carbocycles. The lowest BCUT2D eigenvalue weighted by atomic mass is 9.93. The Hall–Kier alpha value is -4.23. The van der Waals surface area contributed by atoms with Gasteiger partial charge in [-0.25, -0.2) is 24.1 Å². The summed E-state index contributed by atoms with van der Waals surface area (Å²) in [6.45, 7) is 2.11. The van der Waals surface area contributed by atoms with Gasteiger partial charge in [0.05, 0.1) is 30.6 Å². The molecule has 13 heteroatoms. The lowest BCUT2D eigenvalue weighted by molar-refractivity contribution is -0.108. The number of ether oxygens (including phenoxy) is 2. The first-order chi connectivity index (χ1) is 19.8. The van der Waals surface area contributed by atoms with E-state index in [-0.39, 0.29) is 42.3 Å². The standard InChI is InChI=1S/C29H28F3N5O5/c1-28(2,3)42-27(39)36-13-29(40,14-36)25-33-10-15(11-34-25)18-12-37-22(9-19(18)30)35-23-20(38)8-17(24(23)37)16-6-4-5-7-21(16)41-26(31)32/h4-7,9-12,17,20,26,38,40H,8,13-14H2,1-3H3/t17-,20-/m1/s1. The average molecular weight is 584 g/mol. The molecule has 2 N–H and O–H groups in total. The van der Waals surface area contributed by atoms with Gasteiger partial charge in [0.25, 0.3) is 0 Å². The maximum Gasteiger partial charge on any atom is 0.410 e. The second-order valence-electron chi connectivity index (χ2n) is 11.5. The van der Waals surface area contributed by atoms with Crippen molar-refractivity contribution in [3.05, 3.63) is 77.5 Å². The predicted octanol–water partition coefficient (Wildman–Crippen LogP) is 4.54. The number of halogens is 3. The lowest BCUT2D eigenvalue weighted by Crippen LogP contribution is -2.62. The van der Waals surface area contributed by atoms with Gasteiger partial charge in [0.15, 0.2) is 11.4 Å². The van der Waals surface area contributed by atoms with Gasteiger partial charge in [-0.1, -0.05) is 18.2 Å². The van der Waals surface area contributed by atoms with Crippen molar-refractivity contribution in [2.24, 2.45) is 0 Å². The first-order valence-corrected chi connectivity index (χ1v) is 13.3. The van der Waals surface area contributed by atoms with Crippen LogP contribution in [-0.2, 0) is 10.3 Å². The van der Waals surface area contributed by atoms with E-state index >= 15 is 4.39 Å². The number of alkyl halides is 2. The molecular formula is C29H28F3N5O5. The van der Waals surface area contributed by atoms with Gasteiger partial charge in [-0.3, -0.25) is 0 Å². The van der Waals surface area contributed by atoms with Gasteiger partial charge >= 0.3 is 12.7 Å². The molecule has 0 spiro atoms. The number of aliphatic hydroxyl groups is 2. The summed E-state index contributed by atoms with van der Waals surface area (Å²) in [5.74, 6) is -1.10. The third-order valence-electron chi connectivity index (χ3n) is 7.33. The molecule has 0 unspecified atom stereocenters. The molecule has 2 atom stereocenters. The summed E-state index contributed by atoms with van der Waals surface area (Å²) in [5.41, 5.74) is -0.160. The molecule has 10 nitrogen and oxygen atoms in total. The van der Waals surface area contributed by atoms with E-state index < -0.39 is 41.7 Å². The van der Waals surface area contributed by atoms with Crippen molar-refractivity contribution in [2.75, 3.05) is 13.1 Å². The molecule has 1 saturated heterocycles. The van der Waals surface area contributed by atoms with Gasteiger partial charge in [0, 0.05) is 47.3 Å². The van der Waals surface area contributed by atoms with E-state index in [4.69, 9.17) is 9.47 Å². The number of aliphatic hydroxyl groups excluding tert-OH is 1. The predicted molar refractivity (Wildman–Crippen MR) is 142 cm³/mol. The molecule has 1 aliphatic carbocycles. The number of para-hydroxylation sites is 1. The van der Waals surface area contributed by atoms with Gasteiger partial charge in [-0.2, -0.15) is 8.78 Å². The molecule has 42 heavy (non-hydrogen) atoms. The van der Waals surface area contributed by atoms with Crippen molar-refractivity contribution >= 4 is 11.7 Å². The Morgan fingerprint density at radius 2 is 1.86 bits per heavy atom. The first-order valence-electron chi connectivity index (χ1n) is 13.3. The molecular weight excluding hydrogens is 555 g/mol. The highest BCUT2D eigenvalue weighted by molar-refractivity contribution is 5.70. The van der Waals surface area contributed by atoms with Gasteiger partial charge in [0.2, 0.25) is 0 Å². The Balaban J connectivity index is 1.30. The fourth-order valence-electron chi connectivity index (χ4n) is 5.49. The zero-order chi connectivity index (χ0) is 30.0. The molecule has 6 rings (SSSR count). The van der Waals surface area contributed by atoms with Crippen LogP contribution in [0.4, 0.5) is 18.0 Å². The van der Waals surface area contributed by atoms with Gasteiger partial charge in [-0.05, 0) is 33.3 Å². The largest absolute Gasteiger partial charge is 0.444 e. The number of fused-ring (bicyclic) bond motifs is 3. The summed E-state index contributed by atoms with van der Waals surface area (Å²) in [5, 5.41) is 21.7. The number of rotatable bonds is 5. The van der Waals surface area contributed by atoms with E-state index in [9.17, 15) is 23.8 Å². The van der Waals surface area contributed by atoms with Crippen LogP contribution in [0, 0.1) is 5.82 Å². The second-order valence-corrected chi connectivity index (χ2v) is 11.5. The quantitative estimate of drug-likeness (QED) is 0.351. The molecule has 0 bridgehead atoms. The van der Waals surface area contributed by atoms with Crippen molar-refractivity contribution in [1.29, 1.82) is 0 Å². The number of amides is 1. The number of nitrogens with zero attached hydrogens (tertiary/aromatic N) is 5. The number of likely N-dealkylation sites (tertiary alicyclic amines) is 1. The molecule has 0 radical (unpaired) electrons. The van der Waals surface area contributed by atoms with Gasteiger partial charge in [-0.15, -0.1) is 0 Å². The van der Waals surface area contributed by atoms with E-state index in [1.165, 1.54) is 35.6 Å². The van der Waals surface area contributed by atoms with E-state index in [0.717, 1.165) is 0 Å². The molecule has 2 aliphatic rings. The van der Waals surface area contributed by atoms with Crippen LogP contribution in [0.2, 0.25) is 0 Å². The maximum absolute atomic E-state index is 15.3. The molecule has 4 heterocycles. The molecule has 1 aromatic carbocycles. The molecule has 3 aromatic heterocycles. The number of aromatic nitrogens is 4. The minimum absolute atomic E-state index is 0.0158. The van der Waals surface area contributed by atoms with E-state index in [2.05, 4.69) is 15.0 Å². The Morgan fingerprint density at radius 1 is 1.17 bits per heavy atom. The highest BCUT2D eigenvalue weighted by Gasteiger charge is 2.48. The van der Waals surface area contributed by atoms with Crippen molar-refractivity contribution in [3.8, 4) is 16.9 Å². The minimum Gasteiger partial charge on any atom is -0.444 e. The SMILES string of the molecule is CC(C)(C)OC(=O)N1CC(O)(c2ncc(-c3cn4c5c(nc4cc3F)[C@H](O)C[C@@H]5c3ccccc3OC(F)F)cn2)C1. The molecule has 4 aromatic rings. The third-order valence-corrected chi connectivity index (χ3v) is 7.33. The van der Waals surface area contributed by atoms with Crippen LogP contribution in [0.25, 0.3) is 16.8 Å². The van der Waals surface area contributed by atoms with Crippen molar-refractivity contribution in [1.82, 2.24) is 24.3 Å². The number of β-amino-alcohol motifs (C(OH)–C–C–N with tert-alkyl or cyclic N) is 1. The zero-order valence-electron chi connectivity index (χ0n) is 23.0. The highest BCUT2D eigenvalue weighted by atomic mass is 19.3. The maximum atomic E-state index is 15.3. The van der Waals surface area contributed by atoms with Crippen molar-refractivity contribution < 1.29 is 37.7 Å². The zero-order valence-corrected chi connectivity index (χ0v) is 23.0. The third kappa shape index (κ3) is 4.92. The summed E-state index contributed by atoms with van der Waals surface area (Å²) >= 11 is 0. The normalized spacial score (nSPS) is 19.6. The molecule has 220 valence electrons. The van der Waals surface area contributed by atoms with Crippen LogP contribution in [0.1, 0.15) is 62.0 Å². The lowest BCUT2D eigenvalue weighted by Gasteiger charge is -2.45. The average Bonchev–Trinajstić information content (AvgIpc) is 3.42.